The maximum absolute atomic E-state index is 14.6. The molecule has 1 heterocycles. The number of benzene rings is 3. The molecule has 0 aliphatic rings. The van der Waals surface area contributed by atoms with Crippen molar-refractivity contribution in [3.63, 3.8) is 0 Å². The van der Waals surface area contributed by atoms with Crippen molar-refractivity contribution < 1.29 is 8.81 Å². The minimum absolute atomic E-state index is 0.307. The highest BCUT2D eigenvalue weighted by Crippen LogP contribution is 2.30. The first-order valence-electron chi connectivity index (χ1n) is 9.61. The van der Waals surface area contributed by atoms with Crippen LogP contribution in [0.4, 0.5) is 10.1 Å². The molecule has 0 saturated carbocycles. The molecule has 0 radical (unpaired) electrons. The highest BCUT2D eigenvalue weighted by molar-refractivity contribution is 5.53. The summed E-state index contributed by atoms with van der Waals surface area (Å²) >= 11 is 0. The summed E-state index contributed by atoms with van der Waals surface area (Å²) < 4.78 is 20.5. The van der Waals surface area contributed by atoms with Crippen LogP contribution < -0.4 is 5.32 Å². The summed E-state index contributed by atoms with van der Waals surface area (Å²) in [7, 11) is 0. The van der Waals surface area contributed by atoms with E-state index in [1.165, 1.54) is 11.6 Å². The van der Waals surface area contributed by atoms with Crippen molar-refractivity contribution in [2.45, 2.75) is 25.8 Å². The lowest BCUT2D eigenvalue weighted by atomic mass is 10.0. The molecular weight excluding hydrogens is 365 g/mol. The van der Waals surface area contributed by atoms with Gasteiger partial charge in [-0.05, 0) is 41.8 Å². The first-order chi connectivity index (χ1) is 14.1. The summed E-state index contributed by atoms with van der Waals surface area (Å²) in [6.07, 6.45) is 0. The van der Waals surface area contributed by atoms with Crippen molar-refractivity contribution >= 4 is 5.69 Å². The van der Waals surface area contributed by atoms with Crippen molar-refractivity contribution in [1.29, 1.82) is 0 Å². The average Bonchev–Trinajstić information content (AvgIpc) is 3.24. The van der Waals surface area contributed by atoms with Gasteiger partial charge in [0.2, 0.25) is 11.8 Å². The normalized spacial score (nSPS) is 12.1. The fraction of sp³-hybridized carbons (Fsp3) is 0.167. The maximum Gasteiger partial charge on any atom is 0.247 e. The number of hydrogen-bond acceptors (Lipinski definition) is 4. The largest absolute Gasteiger partial charge is 0.418 e. The van der Waals surface area contributed by atoms with E-state index in [0.717, 1.165) is 11.3 Å². The predicted molar refractivity (Wildman–Crippen MR) is 112 cm³/mol. The Kier molecular flexibility index (Phi) is 5.38. The highest BCUT2D eigenvalue weighted by atomic mass is 19.1. The Morgan fingerprint density at radius 2 is 1.52 bits per heavy atom. The Labute approximate surface area is 169 Å². The molecule has 0 aliphatic carbocycles. The molecule has 0 aliphatic heterocycles. The van der Waals surface area contributed by atoms with Crippen LogP contribution in [0.15, 0.2) is 83.3 Å². The molecule has 0 fully saturated rings. The molecule has 1 aromatic heterocycles. The van der Waals surface area contributed by atoms with Gasteiger partial charge >= 0.3 is 0 Å². The lowest BCUT2D eigenvalue weighted by molar-refractivity contribution is 0.485. The van der Waals surface area contributed by atoms with Crippen LogP contribution in [-0.2, 0) is 0 Å². The molecule has 29 heavy (non-hydrogen) atoms. The van der Waals surface area contributed by atoms with Crippen LogP contribution in [0, 0.1) is 5.82 Å². The third-order valence-electron chi connectivity index (χ3n) is 4.81. The molecule has 0 unspecified atom stereocenters. The van der Waals surface area contributed by atoms with Crippen LogP contribution in [0.25, 0.3) is 11.5 Å². The van der Waals surface area contributed by atoms with Gasteiger partial charge in [0.15, 0.2) is 0 Å². The van der Waals surface area contributed by atoms with Gasteiger partial charge in [-0.3, -0.25) is 0 Å². The zero-order valence-corrected chi connectivity index (χ0v) is 16.3. The molecule has 0 spiro atoms. The molecule has 0 saturated heterocycles. The predicted octanol–water partition coefficient (Wildman–Crippen LogP) is 6.20. The van der Waals surface area contributed by atoms with Crippen molar-refractivity contribution in [1.82, 2.24) is 10.2 Å². The molecule has 1 N–H and O–H groups in total. The average molecular weight is 387 g/mol. The van der Waals surface area contributed by atoms with Gasteiger partial charge in [-0.2, -0.15) is 0 Å². The molecule has 4 rings (SSSR count). The molecule has 146 valence electrons. The summed E-state index contributed by atoms with van der Waals surface area (Å²) in [4.78, 5) is 0. The molecule has 0 amide bonds. The van der Waals surface area contributed by atoms with Gasteiger partial charge < -0.3 is 9.73 Å². The monoisotopic (exact) mass is 387 g/mol. The van der Waals surface area contributed by atoms with Gasteiger partial charge in [-0.1, -0.05) is 62.4 Å². The van der Waals surface area contributed by atoms with E-state index in [-0.39, 0.29) is 5.82 Å². The minimum atomic E-state index is -0.605. The number of aromatic nitrogens is 2. The fourth-order valence-electron chi connectivity index (χ4n) is 3.16. The molecule has 4 aromatic rings. The topological polar surface area (TPSA) is 51.0 Å². The zero-order chi connectivity index (χ0) is 20.2. The van der Waals surface area contributed by atoms with Crippen molar-refractivity contribution in [3.05, 3.63) is 102 Å². The molecular formula is C24H22FN3O. The highest BCUT2D eigenvalue weighted by Gasteiger charge is 2.24. The third-order valence-corrected chi connectivity index (χ3v) is 4.81. The van der Waals surface area contributed by atoms with E-state index in [0.29, 0.717) is 23.3 Å². The standard InChI is InChI=1S/C24H22FN3O/c1-16(2)17-12-14-19(15-13-17)26-22(20-10-6-7-11-21(20)25)24-28-27-23(29-24)18-8-4-3-5-9-18/h3-16,22,26H,1-2H3/t22-/m0/s1. The van der Waals surface area contributed by atoms with Gasteiger partial charge in [-0.25, -0.2) is 4.39 Å². The number of nitrogens with one attached hydrogen (secondary N) is 1. The number of rotatable bonds is 6. The number of halogens is 1. The lowest BCUT2D eigenvalue weighted by Gasteiger charge is -2.18. The van der Waals surface area contributed by atoms with E-state index in [1.54, 1.807) is 18.2 Å². The fourth-order valence-corrected chi connectivity index (χ4v) is 3.16. The van der Waals surface area contributed by atoms with E-state index < -0.39 is 6.04 Å². The van der Waals surface area contributed by atoms with Crippen LogP contribution in [0.3, 0.4) is 0 Å². The van der Waals surface area contributed by atoms with Gasteiger partial charge in [0, 0.05) is 16.8 Å². The summed E-state index contributed by atoms with van der Waals surface area (Å²) in [5, 5.41) is 11.7. The first kappa shape index (κ1) is 18.9. The summed E-state index contributed by atoms with van der Waals surface area (Å²) in [6, 6.07) is 23.6. The molecule has 0 bridgehead atoms. The third kappa shape index (κ3) is 4.19. The van der Waals surface area contributed by atoms with Crippen LogP contribution >= 0.6 is 0 Å². The SMILES string of the molecule is CC(C)c1ccc(N[C@H](c2nnc(-c3ccccc3)o2)c2ccccc2F)cc1. The second-order valence-corrected chi connectivity index (χ2v) is 7.19. The van der Waals surface area contributed by atoms with Crippen molar-refractivity contribution in [3.8, 4) is 11.5 Å². The molecule has 1 atom stereocenters. The lowest BCUT2D eigenvalue weighted by Crippen LogP contribution is -2.14. The van der Waals surface area contributed by atoms with Gasteiger partial charge in [0.05, 0.1) is 0 Å². The van der Waals surface area contributed by atoms with Gasteiger partial charge in [0.1, 0.15) is 11.9 Å². The van der Waals surface area contributed by atoms with Crippen LogP contribution in [0.5, 0.6) is 0 Å². The summed E-state index contributed by atoms with van der Waals surface area (Å²) in [6.45, 7) is 4.29. The quantitative estimate of drug-likeness (QED) is 0.428. The molecule has 5 heteroatoms. The zero-order valence-electron chi connectivity index (χ0n) is 16.3. The number of nitrogens with zero attached hydrogens (tertiary/aromatic N) is 2. The number of hydrogen-bond donors (Lipinski definition) is 1. The first-order valence-corrected chi connectivity index (χ1v) is 9.61. The minimum Gasteiger partial charge on any atom is -0.418 e. The Hall–Kier alpha value is -3.47. The Morgan fingerprint density at radius 1 is 0.828 bits per heavy atom. The van der Waals surface area contributed by atoms with Crippen LogP contribution in [-0.4, -0.2) is 10.2 Å². The van der Waals surface area contributed by atoms with Gasteiger partial charge in [-0.15, -0.1) is 10.2 Å². The molecule has 3 aromatic carbocycles. The van der Waals surface area contributed by atoms with Crippen molar-refractivity contribution in [2.75, 3.05) is 5.32 Å². The van der Waals surface area contributed by atoms with Gasteiger partial charge in [0.25, 0.3) is 0 Å². The Bertz CT molecular complexity index is 1070. The summed E-state index contributed by atoms with van der Waals surface area (Å²) in [5.41, 5.74) is 3.35. The Morgan fingerprint density at radius 3 is 2.21 bits per heavy atom. The number of anilines is 1. The van der Waals surface area contributed by atoms with E-state index in [4.69, 9.17) is 4.42 Å². The maximum atomic E-state index is 14.6. The van der Waals surface area contributed by atoms with Crippen LogP contribution in [0.1, 0.15) is 42.8 Å². The van der Waals surface area contributed by atoms with E-state index in [9.17, 15) is 4.39 Å². The molecule has 4 nitrogen and oxygen atoms in total. The van der Waals surface area contributed by atoms with Crippen LogP contribution in [0.2, 0.25) is 0 Å². The smallest absolute Gasteiger partial charge is 0.247 e. The second kappa shape index (κ2) is 8.27. The van der Waals surface area contributed by atoms with Crippen molar-refractivity contribution in [2.24, 2.45) is 0 Å². The Balaban J connectivity index is 1.70. The van der Waals surface area contributed by atoms with E-state index in [2.05, 4.69) is 41.5 Å². The van der Waals surface area contributed by atoms with E-state index in [1.807, 2.05) is 42.5 Å². The van der Waals surface area contributed by atoms with E-state index >= 15 is 0 Å². The second-order valence-electron chi connectivity index (χ2n) is 7.19. The summed E-state index contributed by atoms with van der Waals surface area (Å²) in [5.74, 6) is 0.819.